The van der Waals surface area contributed by atoms with Crippen LogP contribution in [-0.4, -0.2) is 19.9 Å². The summed E-state index contributed by atoms with van der Waals surface area (Å²) in [6, 6.07) is 42.1. The fourth-order valence-corrected chi connectivity index (χ4v) is 5.21. The molecule has 42 heavy (non-hydrogen) atoms. The van der Waals surface area contributed by atoms with Crippen molar-refractivity contribution in [3.05, 3.63) is 159 Å². The summed E-state index contributed by atoms with van der Waals surface area (Å²) in [6.45, 7) is 0. The first kappa shape index (κ1) is 25.2. The van der Waals surface area contributed by atoms with Gasteiger partial charge in [-0.25, -0.2) is 0 Å². The molecule has 4 heteroatoms. The molecule has 7 rings (SSSR count). The summed E-state index contributed by atoms with van der Waals surface area (Å²) in [7, 11) is 0. The third-order valence-electron chi connectivity index (χ3n) is 7.38. The van der Waals surface area contributed by atoms with Crippen molar-refractivity contribution in [2.75, 3.05) is 0 Å². The van der Waals surface area contributed by atoms with Crippen LogP contribution in [0.3, 0.4) is 0 Å². The highest BCUT2D eigenvalue weighted by Gasteiger charge is 2.10. The van der Waals surface area contributed by atoms with Crippen molar-refractivity contribution in [3.8, 4) is 67.0 Å². The Balaban J connectivity index is 1.16. The second-order valence-corrected chi connectivity index (χ2v) is 10.1. The van der Waals surface area contributed by atoms with Gasteiger partial charge in [0.2, 0.25) is 0 Å². The van der Waals surface area contributed by atoms with Crippen LogP contribution < -0.4 is 0 Å². The van der Waals surface area contributed by atoms with Crippen LogP contribution in [0.25, 0.3) is 67.0 Å². The fourth-order valence-electron chi connectivity index (χ4n) is 5.21. The van der Waals surface area contributed by atoms with Gasteiger partial charge in [-0.05, 0) is 69.8 Å². The van der Waals surface area contributed by atoms with E-state index in [2.05, 4.69) is 105 Å². The molecule has 0 radical (unpaired) electrons. The smallest absolute Gasteiger partial charge is 0.0717 e. The van der Waals surface area contributed by atoms with Gasteiger partial charge in [0.15, 0.2) is 0 Å². The predicted molar refractivity (Wildman–Crippen MR) is 170 cm³/mol. The van der Waals surface area contributed by atoms with Gasteiger partial charge in [-0.1, -0.05) is 84.9 Å². The van der Waals surface area contributed by atoms with Crippen LogP contribution in [-0.2, 0) is 0 Å². The summed E-state index contributed by atoms with van der Waals surface area (Å²) in [5, 5.41) is 0. The number of hydrogen-bond donors (Lipinski definition) is 0. The molecule has 0 saturated carbocycles. The molecular weight excluding hydrogens is 512 g/mol. The Labute approximate surface area is 245 Å². The van der Waals surface area contributed by atoms with E-state index >= 15 is 0 Å². The highest BCUT2D eigenvalue weighted by molar-refractivity contribution is 5.85. The minimum atomic E-state index is 0.917. The molecular formula is C38H26N4. The summed E-state index contributed by atoms with van der Waals surface area (Å²) in [6.07, 6.45) is 11.1. The van der Waals surface area contributed by atoms with Crippen molar-refractivity contribution >= 4 is 0 Å². The largest absolute Gasteiger partial charge is 0.263 e. The van der Waals surface area contributed by atoms with E-state index in [-0.39, 0.29) is 0 Å². The van der Waals surface area contributed by atoms with Gasteiger partial charge in [-0.3, -0.25) is 19.9 Å². The maximum absolute atomic E-state index is 4.47. The second kappa shape index (κ2) is 11.4. The average Bonchev–Trinajstić information content (AvgIpc) is 3.09. The summed E-state index contributed by atoms with van der Waals surface area (Å²) in [5.41, 5.74) is 12.9. The maximum atomic E-state index is 4.47. The molecule has 0 aliphatic heterocycles. The van der Waals surface area contributed by atoms with Gasteiger partial charge in [0, 0.05) is 59.4 Å². The SMILES string of the molecule is c1ccc(-c2cncc(-c3ccc(-c4ccccc4-c4ccc(-c5cncc(-c6ccccn6)c5)cc4)cc3)c2)nc1. The number of nitrogens with zero attached hydrogens (tertiary/aromatic N) is 4. The average molecular weight is 539 g/mol. The molecule has 0 N–H and O–H groups in total. The number of rotatable bonds is 6. The molecule has 0 amide bonds. The van der Waals surface area contributed by atoms with Crippen LogP contribution in [0.5, 0.6) is 0 Å². The van der Waals surface area contributed by atoms with Gasteiger partial charge in [0.1, 0.15) is 0 Å². The molecule has 198 valence electrons. The van der Waals surface area contributed by atoms with Gasteiger partial charge >= 0.3 is 0 Å². The summed E-state index contributed by atoms with van der Waals surface area (Å²) >= 11 is 0. The minimum absolute atomic E-state index is 0.917. The Kier molecular flexibility index (Phi) is 6.85. The van der Waals surface area contributed by atoms with E-state index in [9.17, 15) is 0 Å². The molecule has 4 nitrogen and oxygen atoms in total. The fraction of sp³-hybridized carbons (Fsp3) is 0. The van der Waals surface area contributed by atoms with Crippen molar-refractivity contribution in [2.24, 2.45) is 0 Å². The first-order valence-corrected chi connectivity index (χ1v) is 13.9. The van der Waals surface area contributed by atoms with Gasteiger partial charge in [0.05, 0.1) is 11.4 Å². The summed E-state index contributed by atoms with van der Waals surface area (Å²) in [4.78, 5) is 17.9. The summed E-state index contributed by atoms with van der Waals surface area (Å²) < 4.78 is 0. The molecule has 0 bridgehead atoms. The van der Waals surface area contributed by atoms with E-state index in [1.807, 2.05) is 61.2 Å². The Morgan fingerprint density at radius 2 is 0.690 bits per heavy atom. The van der Waals surface area contributed by atoms with Gasteiger partial charge in [0.25, 0.3) is 0 Å². The molecule has 4 heterocycles. The van der Waals surface area contributed by atoms with E-state index < -0.39 is 0 Å². The molecule has 0 atom stereocenters. The molecule has 0 spiro atoms. The van der Waals surface area contributed by atoms with E-state index in [1.165, 1.54) is 22.3 Å². The van der Waals surface area contributed by atoms with E-state index in [0.717, 1.165) is 44.8 Å². The molecule has 0 unspecified atom stereocenters. The van der Waals surface area contributed by atoms with Crippen molar-refractivity contribution in [2.45, 2.75) is 0 Å². The monoisotopic (exact) mass is 538 g/mol. The molecule has 3 aromatic carbocycles. The second-order valence-electron chi connectivity index (χ2n) is 10.1. The van der Waals surface area contributed by atoms with Crippen LogP contribution in [0.1, 0.15) is 0 Å². The highest BCUT2D eigenvalue weighted by Crippen LogP contribution is 2.35. The lowest BCUT2D eigenvalue weighted by molar-refractivity contribution is 1.28. The first-order chi connectivity index (χ1) is 20.8. The van der Waals surface area contributed by atoms with Crippen molar-refractivity contribution in [3.63, 3.8) is 0 Å². The molecule has 0 aliphatic rings. The topological polar surface area (TPSA) is 51.6 Å². The summed E-state index contributed by atoms with van der Waals surface area (Å²) in [5.74, 6) is 0. The lowest BCUT2D eigenvalue weighted by Gasteiger charge is -2.12. The van der Waals surface area contributed by atoms with Gasteiger partial charge in [-0.2, -0.15) is 0 Å². The van der Waals surface area contributed by atoms with Gasteiger partial charge in [-0.15, -0.1) is 0 Å². The maximum Gasteiger partial charge on any atom is 0.0717 e. The van der Waals surface area contributed by atoms with Crippen LogP contribution in [0.15, 0.2) is 159 Å². The number of aromatic nitrogens is 4. The number of benzene rings is 3. The third kappa shape index (κ3) is 5.21. The van der Waals surface area contributed by atoms with Crippen LogP contribution in [0, 0.1) is 0 Å². The van der Waals surface area contributed by atoms with Crippen molar-refractivity contribution in [1.82, 2.24) is 19.9 Å². The Bertz CT molecular complexity index is 1800. The van der Waals surface area contributed by atoms with Gasteiger partial charge < -0.3 is 0 Å². The van der Waals surface area contributed by atoms with Crippen molar-refractivity contribution < 1.29 is 0 Å². The third-order valence-corrected chi connectivity index (χ3v) is 7.38. The lowest BCUT2D eigenvalue weighted by atomic mass is 9.92. The Hall–Kier alpha value is -5.74. The zero-order valence-electron chi connectivity index (χ0n) is 22.8. The van der Waals surface area contributed by atoms with Crippen LogP contribution in [0.4, 0.5) is 0 Å². The van der Waals surface area contributed by atoms with Crippen LogP contribution >= 0.6 is 0 Å². The number of pyridine rings is 4. The van der Waals surface area contributed by atoms with Crippen molar-refractivity contribution in [1.29, 1.82) is 0 Å². The highest BCUT2D eigenvalue weighted by atomic mass is 14.7. The molecule has 0 saturated heterocycles. The Morgan fingerprint density at radius 1 is 0.310 bits per heavy atom. The lowest BCUT2D eigenvalue weighted by Crippen LogP contribution is -1.88. The quantitative estimate of drug-likeness (QED) is 0.212. The minimum Gasteiger partial charge on any atom is -0.263 e. The zero-order chi connectivity index (χ0) is 28.1. The normalized spacial score (nSPS) is 10.9. The Morgan fingerprint density at radius 3 is 1.10 bits per heavy atom. The molecule has 0 aliphatic carbocycles. The molecule has 0 fully saturated rings. The predicted octanol–water partition coefficient (Wildman–Crippen LogP) is 9.27. The molecule has 7 aromatic rings. The standard InChI is InChI=1S/C38H26N4/c1-2-8-36(30-17-13-28(14-18-30)32-22-34(26-40-24-32)38-10-4-6-20-42-38)35(7-1)29-15-11-27(12-16-29)31-21-33(25-39-23-31)37-9-3-5-19-41-37/h1-26H. The first-order valence-electron chi connectivity index (χ1n) is 13.9. The van der Waals surface area contributed by atoms with E-state index in [0.29, 0.717) is 0 Å². The van der Waals surface area contributed by atoms with E-state index in [4.69, 9.17) is 0 Å². The van der Waals surface area contributed by atoms with E-state index in [1.54, 1.807) is 12.4 Å². The number of hydrogen-bond acceptors (Lipinski definition) is 4. The molecule has 4 aromatic heterocycles. The zero-order valence-corrected chi connectivity index (χ0v) is 22.8. The van der Waals surface area contributed by atoms with Crippen LogP contribution in [0.2, 0.25) is 0 Å².